The third kappa shape index (κ3) is 4.68. The van der Waals surface area contributed by atoms with Crippen molar-refractivity contribution in [1.29, 1.82) is 0 Å². The van der Waals surface area contributed by atoms with Crippen LogP contribution in [-0.2, 0) is 0 Å². The molecule has 4 heteroatoms. The number of thiophene rings is 1. The van der Waals surface area contributed by atoms with E-state index in [1.54, 1.807) is 0 Å². The van der Waals surface area contributed by atoms with E-state index in [4.69, 9.17) is 9.98 Å². The third-order valence-electron chi connectivity index (χ3n) is 14.0. The first-order valence-corrected chi connectivity index (χ1v) is 22.3. The molecule has 0 fully saturated rings. The van der Waals surface area contributed by atoms with Crippen molar-refractivity contribution in [3.63, 3.8) is 0 Å². The lowest BCUT2D eigenvalue weighted by atomic mass is 9.85. The maximum absolute atomic E-state index is 5.51. The predicted octanol–water partition coefficient (Wildman–Crippen LogP) is 15.2. The van der Waals surface area contributed by atoms with Crippen LogP contribution in [0.1, 0.15) is 47.6 Å². The summed E-state index contributed by atoms with van der Waals surface area (Å²) in [5.74, 6) is 1.20. The van der Waals surface area contributed by atoms with Crippen molar-refractivity contribution in [1.82, 2.24) is 4.57 Å². The first kappa shape index (κ1) is 33.7. The summed E-state index contributed by atoms with van der Waals surface area (Å²) in [6, 6.07) is 65.5. The van der Waals surface area contributed by atoms with Crippen LogP contribution in [0.5, 0.6) is 0 Å². The van der Waals surface area contributed by atoms with Crippen molar-refractivity contribution in [2.75, 3.05) is 0 Å². The zero-order valence-corrected chi connectivity index (χ0v) is 34.2. The SMILES string of the molecule is CC1C(c2ccccc2)=NC(CC2c3cccc4c3-c3c2ccc2ccc5c(c32)c2c-4cccc2n5-c2ccc3sc4cc5ccccc5cc4c3c2)=NC1c1ccccc1. The quantitative estimate of drug-likeness (QED) is 0.166. The van der Waals surface area contributed by atoms with Gasteiger partial charge in [0.2, 0.25) is 0 Å². The molecule has 0 amide bonds. The molecule has 3 nitrogen and oxygen atoms in total. The Morgan fingerprint density at radius 1 is 0.541 bits per heavy atom. The van der Waals surface area contributed by atoms with E-state index < -0.39 is 0 Å². The molecule has 0 saturated carbocycles. The van der Waals surface area contributed by atoms with Crippen molar-refractivity contribution in [2.45, 2.75) is 25.3 Å². The first-order valence-electron chi connectivity index (χ1n) is 21.4. The fraction of sp³-hybridized carbons (Fsp3) is 0.0877. The Morgan fingerprint density at radius 2 is 1.26 bits per heavy atom. The largest absolute Gasteiger partial charge is 0.309 e. The molecule has 0 saturated heterocycles. The van der Waals surface area contributed by atoms with Crippen molar-refractivity contribution in [2.24, 2.45) is 15.9 Å². The molecule has 0 bridgehead atoms. The topological polar surface area (TPSA) is 29.6 Å². The maximum atomic E-state index is 5.51. The van der Waals surface area contributed by atoms with E-state index in [1.807, 2.05) is 11.3 Å². The van der Waals surface area contributed by atoms with Crippen LogP contribution in [0.3, 0.4) is 0 Å². The molecule has 61 heavy (non-hydrogen) atoms. The zero-order valence-electron chi connectivity index (χ0n) is 33.4. The van der Waals surface area contributed by atoms with Crippen molar-refractivity contribution in [3.8, 4) is 27.9 Å². The summed E-state index contributed by atoms with van der Waals surface area (Å²) in [5, 5.41) is 10.5. The van der Waals surface area contributed by atoms with Gasteiger partial charge >= 0.3 is 0 Å². The Balaban J connectivity index is 0.987. The monoisotopic (exact) mass is 795 g/mol. The van der Waals surface area contributed by atoms with Gasteiger partial charge in [0.25, 0.3) is 0 Å². The van der Waals surface area contributed by atoms with Crippen molar-refractivity contribution in [3.05, 3.63) is 198 Å². The van der Waals surface area contributed by atoms with Crippen LogP contribution in [-0.4, -0.2) is 16.1 Å². The van der Waals surface area contributed by atoms with Crippen LogP contribution in [0, 0.1) is 5.92 Å². The number of benzene rings is 9. The van der Waals surface area contributed by atoms with Gasteiger partial charge in [0.05, 0.1) is 22.8 Å². The molecule has 0 spiro atoms. The summed E-state index contributed by atoms with van der Waals surface area (Å²) < 4.78 is 5.18. The molecule has 11 aromatic rings. The smallest absolute Gasteiger partial charge is 0.125 e. The van der Waals surface area contributed by atoms with Gasteiger partial charge in [-0.25, -0.2) is 4.99 Å². The number of amidine groups is 1. The van der Waals surface area contributed by atoms with Gasteiger partial charge in [0, 0.05) is 54.9 Å². The lowest BCUT2D eigenvalue weighted by Crippen LogP contribution is -2.26. The minimum absolute atomic E-state index is 0.00347. The highest BCUT2D eigenvalue weighted by Crippen LogP contribution is 2.58. The molecular formula is C57H37N3S. The first-order chi connectivity index (χ1) is 30.2. The van der Waals surface area contributed by atoms with Gasteiger partial charge in [-0.1, -0.05) is 140 Å². The molecular weight excluding hydrogens is 759 g/mol. The Labute approximate surface area is 356 Å². The number of rotatable bonds is 5. The molecule has 2 aliphatic carbocycles. The van der Waals surface area contributed by atoms with E-state index in [9.17, 15) is 0 Å². The average Bonchev–Trinajstić information content (AvgIpc) is 3.93. The summed E-state index contributed by atoms with van der Waals surface area (Å²) in [6.07, 6.45) is 0.735. The van der Waals surface area contributed by atoms with Crippen LogP contribution in [0.2, 0.25) is 0 Å². The van der Waals surface area contributed by atoms with Crippen LogP contribution in [0.15, 0.2) is 186 Å². The van der Waals surface area contributed by atoms with Crippen LogP contribution < -0.4 is 0 Å². The molecule has 14 rings (SSSR count). The average molecular weight is 796 g/mol. The molecule has 2 aromatic heterocycles. The number of nitrogens with zero attached hydrogens (tertiary/aromatic N) is 3. The number of aliphatic imine (C=N–C) groups is 2. The van der Waals surface area contributed by atoms with Crippen molar-refractivity contribution < 1.29 is 0 Å². The lowest BCUT2D eigenvalue weighted by molar-refractivity contribution is 0.587. The van der Waals surface area contributed by atoms with Gasteiger partial charge in [0.15, 0.2) is 0 Å². The fourth-order valence-electron chi connectivity index (χ4n) is 11.3. The highest BCUT2D eigenvalue weighted by atomic mass is 32.1. The molecule has 1 aliphatic heterocycles. The normalized spacial score (nSPS) is 17.7. The van der Waals surface area contributed by atoms with Crippen molar-refractivity contribution >= 4 is 86.4 Å². The van der Waals surface area contributed by atoms with Crippen LogP contribution >= 0.6 is 11.3 Å². The fourth-order valence-corrected chi connectivity index (χ4v) is 12.4. The van der Waals surface area contributed by atoms with E-state index in [0.29, 0.717) is 0 Å². The molecule has 3 unspecified atom stereocenters. The predicted molar refractivity (Wildman–Crippen MR) is 258 cm³/mol. The lowest BCUT2D eigenvalue weighted by Gasteiger charge is -2.28. The Morgan fingerprint density at radius 3 is 2.13 bits per heavy atom. The summed E-state index contributed by atoms with van der Waals surface area (Å²) in [6.45, 7) is 2.28. The van der Waals surface area contributed by atoms with E-state index in [-0.39, 0.29) is 17.9 Å². The summed E-state index contributed by atoms with van der Waals surface area (Å²) in [4.78, 5) is 11.0. The van der Waals surface area contributed by atoms with E-state index in [2.05, 4.69) is 187 Å². The Bertz CT molecular complexity index is 3760. The standard InChI is InChI=1S/C57H37N3S/c1-32-56(34-12-4-2-5-13-34)58-50(59-57(32)35-14-6-3-7-15-35)31-43-41-19-10-18-39-40-20-11-21-46-53(40)55-47(26-23-33-22-25-42(43)54(51(33)55)52(39)41)60(46)38-24-27-48-45(30-38)44-28-36-16-8-9-17-37(36)29-49(44)61-48/h2-30,32,43,56H,31H2,1H3. The maximum Gasteiger partial charge on any atom is 0.125 e. The molecule has 0 radical (unpaired) electrons. The summed E-state index contributed by atoms with van der Waals surface area (Å²) in [5.41, 5.74) is 15.4. The van der Waals surface area contributed by atoms with Gasteiger partial charge in [-0.15, -0.1) is 11.3 Å². The molecule has 3 atom stereocenters. The number of aromatic nitrogens is 1. The highest BCUT2D eigenvalue weighted by molar-refractivity contribution is 7.25. The molecule has 286 valence electrons. The van der Waals surface area contributed by atoms with Crippen LogP contribution in [0.4, 0.5) is 0 Å². The Hall–Kier alpha value is -7.14. The summed E-state index contributed by atoms with van der Waals surface area (Å²) >= 11 is 1.89. The van der Waals surface area contributed by atoms with E-state index >= 15 is 0 Å². The van der Waals surface area contributed by atoms with Crippen LogP contribution in [0.25, 0.3) is 91.5 Å². The minimum atomic E-state index is -0.00347. The highest BCUT2D eigenvalue weighted by Gasteiger charge is 2.38. The number of hydrogen-bond donors (Lipinski definition) is 0. The second kappa shape index (κ2) is 12.4. The summed E-state index contributed by atoms with van der Waals surface area (Å²) in [7, 11) is 0. The second-order valence-corrected chi connectivity index (χ2v) is 18.3. The van der Waals surface area contributed by atoms with E-state index in [0.717, 1.165) is 18.0 Å². The van der Waals surface area contributed by atoms with E-state index in [1.165, 1.54) is 114 Å². The zero-order chi connectivity index (χ0) is 39.9. The van der Waals surface area contributed by atoms with Gasteiger partial charge in [-0.05, 0) is 109 Å². The molecule has 0 N–H and O–H groups in total. The number of fused-ring (bicyclic) bond motifs is 5. The molecule has 3 aliphatic rings. The molecule has 3 heterocycles. The van der Waals surface area contributed by atoms with Gasteiger partial charge in [-0.2, -0.15) is 0 Å². The minimum Gasteiger partial charge on any atom is -0.309 e. The van der Waals surface area contributed by atoms with Gasteiger partial charge in [-0.3, -0.25) is 4.99 Å². The van der Waals surface area contributed by atoms with Gasteiger partial charge in [0.1, 0.15) is 5.84 Å². The third-order valence-corrected chi connectivity index (χ3v) is 15.1. The number of hydrogen-bond acceptors (Lipinski definition) is 3. The van der Waals surface area contributed by atoms with Gasteiger partial charge < -0.3 is 4.57 Å². The second-order valence-electron chi connectivity index (χ2n) is 17.2. The Kier molecular flexibility index (Phi) is 6.87. The molecule has 9 aromatic carbocycles.